The lowest BCUT2D eigenvalue weighted by atomic mass is 10.0. The van der Waals surface area contributed by atoms with E-state index in [0.717, 1.165) is 6.07 Å². The van der Waals surface area contributed by atoms with Crippen LogP contribution in [0, 0.1) is 5.82 Å². The van der Waals surface area contributed by atoms with E-state index in [-0.39, 0.29) is 22.8 Å². The van der Waals surface area contributed by atoms with E-state index in [1.807, 2.05) is 0 Å². The average molecular weight is 198 g/mol. The van der Waals surface area contributed by atoms with Crippen LogP contribution < -0.4 is 0 Å². The number of ketones is 1. The monoisotopic (exact) mass is 197 g/mol. The standard InChI is InChI=1S/C9H5ClFNO/c10-7-4-5(11)3-6-8(13)1-2-12-9(6)7/h2-4H,1H2. The van der Waals surface area contributed by atoms with Gasteiger partial charge in [-0.2, -0.15) is 0 Å². The van der Waals surface area contributed by atoms with Crippen molar-refractivity contribution in [2.45, 2.75) is 6.42 Å². The fourth-order valence-corrected chi connectivity index (χ4v) is 1.49. The van der Waals surface area contributed by atoms with Crippen LogP contribution in [0.5, 0.6) is 0 Å². The van der Waals surface area contributed by atoms with Crippen LogP contribution in [-0.4, -0.2) is 12.0 Å². The predicted molar refractivity (Wildman–Crippen MR) is 48.5 cm³/mol. The highest BCUT2D eigenvalue weighted by Gasteiger charge is 2.17. The first-order valence-corrected chi connectivity index (χ1v) is 4.11. The number of carbonyl (C=O) groups is 1. The molecule has 0 bridgehead atoms. The smallest absolute Gasteiger partial charge is 0.170 e. The van der Waals surface area contributed by atoms with Gasteiger partial charge in [-0.3, -0.25) is 9.79 Å². The van der Waals surface area contributed by atoms with Crippen LogP contribution in [-0.2, 0) is 0 Å². The molecule has 1 aliphatic rings. The summed E-state index contributed by atoms with van der Waals surface area (Å²) in [7, 11) is 0. The average Bonchev–Trinajstić information content (AvgIpc) is 2.07. The maximum absolute atomic E-state index is 12.8. The molecule has 0 saturated heterocycles. The Morgan fingerprint density at radius 3 is 3.00 bits per heavy atom. The first-order chi connectivity index (χ1) is 6.18. The highest BCUT2D eigenvalue weighted by Crippen LogP contribution is 2.32. The van der Waals surface area contributed by atoms with Gasteiger partial charge in [0.2, 0.25) is 0 Å². The number of carbonyl (C=O) groups excluding carboxylic acids is 1. The quantitative estimate of drug-likeness (QED) is 0.629. The fourth-order valence-electron chi connectivity index (χ4n) is 1.24. The number of hydrogen-bond donors (Lipinski definition) is 0. The molecule has 0 aromatic heterocycles. The van der Waals surface area contributed by atoms with Crippen molar-refractivity contribution < 1.29 is 9.18 Å². The topological polar surface area (TPSA) is 29.4 Å². The molecule has 1 aromatic carbocycles. The number of halogens is 2. The Kier molecular flexibility index (Phi) is 1.88. The third kappa shape index (κ3) is 1.35. The third-order valence-corrected chi connectivity index (χ3v) is 2.11. The molecule has 0 atom stereocenters. The van der Waals surface area contributed by atoms with Crippen LogP contribution in [0.3, 0.4) is 0 Å². The van der Waals surface area contributed by atoms with Gasteiger partial charge in [0, 0.05) is 18.2 Å². The first-order valence-electron chi connectivity index (χ1n) is 3.73. The molecule has 0 N–H and O–H groups in total. The van der Waals surface area contributed by atoms with Crippen molar-refractivity contribution in [3.8, 4) is 0 Å². The second-order valence-electron chi connectivity index (χ2n) is 2.72. The SMILES string of the molecule is O=C1CC=Nc2c(Cl)cc(F)cc21. The summed E-state index contributed by atoms with van der Waals surface area (Å²) in [5, 5.41) is 0.180. The lowest BCUT2D eigenvalue weighted by molar-refractivity contribution is 0.100. The van der Waals surface area contributed by atoms with Crippen molar-refractivity contribution in [2.24, 2.45) is 4.99 Å². The van der Waals surface area contributed by atoms with E-state index in [4.69, 9.17) is 11.6 Å². The van der Waals surface area contributed by atoms with Gasteiger partial charge in [0.1, 0.15) is 5.82 Å². The van der Waals surface area contributed by atoms with Gasteiger partial charge in [-0.05, 0) is 12.1 Å². The summed E-state index contributed by atoms with van der Waals surface area (Å²) < 4.78 is 12.8. The molecule has 4 heteroatoms. The van der Waals surface area contributed by atoms with Crippen molar-refractivity contribution in [3.63, 3.8) is 0 Å². The summed E-state index contributed by atoms with van der Waals surface area (Å²) >= 11 is 5.71. The van der Waals surface area contributed by atoms with E-state index in [0.29, 0.717) is 5.69 Å². The van der Waals surface area contributed by atoms with Gasteiger partial charge in [0.15, 0.2) is 5.78 Å². The van der Waals surface area contributed by atoms with Crippen molar-refractivity contribution in [2.75, 3.05) is 0 Å². The summed E-state index contributed by atoms with van der Waals surface area (Å²) in [6.07, 6.45) is 1.70. The number of benzene rings is 1. The Bertz CT molecular complexity index is 414. The summed E-state index contributed by atoms with van der Waals surface area (Å²) in [6, 6.07) is 2.32. The van der Waals surface area contributed by atoms with Crippen molar-refractivity contribution in [1.29, 1.82) is 0 Å². The lowest BCUT2D eigenvalue weighted by Gasteiger charge is -2.09. The molecule has 0 amide bonds. The van der Waals surface area contributed by atoms with E-state index in [1.165, 1.54) is 12.3 Å². The highest BCUT2D eigenvalue weighted by molar-refractivity contribution is 6.34. The molecule has 2 rings (SSSR count). The second-order valence-corrected chi connectivity index (χ2v) is 3.13. The molecule has 0 spiro atoms. The Hall–Kier alpha value is -1.22. The van der Waals surface area contributed by atoms with Crippen LogP contribution in [0.2, 0.25) is 5.02 Å². The van der Waals surface area contributed by atoms with Gasteiger partial charge in [-0.1, -0.05) is 11.6 Å². The first kappa shape index (κ1) is 8.38. The fraction of sp³-hybridized carbons (Fsp3) is 0.111. The minimum absolute atomic E-state index is 0.147. The molecule has 66 valence electrons. The van der Waals surface area contributed by atoms with Gasteiger partial charge in [-0.25, -0.2) is 4.39 Å². The molecule has 2 nitrogen and oxygen atoms in total. The third-order valence-electron chi connectivity index (χ3n) is 1.83. The zero-order valence-electron chi connectivity index (χ0n) is 6.55. The molecule has 1 heterocycles. The molecule has 0 aliphatic carbocycles. The second kappa shape index (κ2) is 2.92. The minimum Gasteiger partial charge on any atom is -0.294 e. The number of fused-ring (bicyclic) bond motifs is 1. The van der Waals surface area contributed by atoms with E-state index >= 15 is 0 Å². The Labute approximate surface area is 79.0 Å². The molecule has 1 aromatic rings. The normalized spacial score (nSPS) is 14.5. The molecule has 0 fully saturated rings. The minimum atomic E-state index is -0.505. The maximum atomic E-state index is 12.8. The van der Waals surface area contributed by atoms with E-state index in [2.05, 4.69) is 4.99 Å². The number of aliphatic imine (C=N–C) groups is 1. The number of Topliss-reactive ketones (excluding diaryl/α,β-unsaturated/α-hetero) is 1. The van der Waals surface area contributed by atoms with Gasteiger partial charge in [0.25, 0.3) is 0 Å². The summed E-state index contributed by atoms with van der Waals surface area (Å²) in [6.45, 7) is 0. The molecule has 0 unspecified atom stereocenters. The van der Waals surface area contributed by atoms with Crippen molar-refractivity contribution >= 4 is 29.3 Å². The number of hydrogen-bond acceptors (Lipinski definition) is 2. The highest BCUT2D eigenvalue weighted by atomic mass is 35.5. The van der Waals surface area contributed by atoms with Crippen LogP contribution in [0.25, 0.3) is 0 Å². The number of rotatable bonds is 0. The van der Waals surface area contributed by atoms with Crippen LogP contribution in [0.15, 0.2) is 17.1 Å². The summed E-state index contributed by atoms with van der Waals surface area (Å²) in [5.74, 6) is -0.652. The van der Waals surface area contributed by atoms with Gasteiger partial charge >= 0.3 is 0 Å². The lowest BCUT2D eigenvalue weighted by Crippen LogP contribution is -2.05. The molecular weight excluding hydrogens is 193 g/mol. The van der Waals surface area contributed by atoms with E-state index in [1.54, 1.807) is 0 Å². The van der Waals surface area contributed by atoms with E-state index < -0.39 is 5.82 Å². The van der Waals surface area contributed by atoms with Gasteiger partial charge in [0.05, 0.1) is 10.7 Å². The zero-order chi connectivity index (χ0) is 9.42. The summed E-state index contributed by atoms with van der Waals surface area (Å²) in [4.78, 5) is 15.2. The van der Waals surface area contributed by atoms with Crippen LogP contribution in [0.1, 0.15) is 16.8 Å². The predicted octanol–water partition coefficient (Wildman–Crippen LogP) is 2.77. The largest absolute Gasteiger partial charge is 0.294 e. The molecule has 0 radical (unpaired) electrons. The van der Waals surface area contributed by atoms with Crippen molar-refractivity contribution in [3.05, 3.63) is 28.5 Å². The maximum Gasteiger partial charge on any atom is 0.170 e. The van der Waals surface area contributed by atoms with Crippen molar-refractivity contribution in [1.82, 2.24) is 0 Å². The summed E-state index contributed by atoms with van der Waals surface area (Å²) in [5.41, 5.74) is 0.645. The molecule has 1 aliphatic heterocycles. The molecule has 0 saturated carbocycles. The van der Waals surface area contributed by atoms with Gasteiger partial charge < -0.3 is 0 Å². The Morgan fingerprint density at radius 1 is 1.46 bits per heavy atom. The van der Waals surface area contributed by atoms with E-state index in [9.17, 15) is 9.18 Å². The number of nitrogens with zero attached hydrogens (tertiary/aromatic N) is 1. The molecule has 13 heavy (non-hydrogen) atoms. The zero-order valence-corrected chi connectivity index (χ0v) is 7.31. The van der Waals surface area contributed by atoms with Crippen LogP contribution >= 0.6 is 11.6 Å². The molecular formula is C9H5ClFNO. The van der Waals surface area contributed by atoms with Crippen LogP contribution in [0.4, 0.5) is 10.1 Å². The Morgan fingerprint density at radius 2 is 2.23 bits per heavy atom. The van der Waals surface area contributed by atoms with Gasteiger partial charge in [-0.15, -0.1) is 0 Å². The Balaban J connectivity index is 2.71.